The van der Waals surface area contributed by atoms with Gasteiger partial charge in [-0.25, -0.2) is 4.98 Å². The van der Waals surface area contributed by atoms with Crippen LogP contribution in [0, 0.1) is 10.1 Å². The highest BCUT2D eigenvalue weighted by molar-refractivity contribution is 7.22. The van der Waals surface area contributed by atoms with Crippen molar-refractivity contribution in [3.8, 4) is 17.2 Å². The highest BCUT2D eigenvalue weighted by Gasteiger charge is 2.25. The fraction of sp³-hybridized carbons (Fsp3) is 0.263. The zero-order chi connectivity index (χ0) is 21.7. The van der Waals surface area contributed by atoms with Crippen LogP contribution in [-0.4, -0.2) is 50.4 Å². The number of carbonyl (C=O) groups is 1. The number of hydrogen-bond acceptors (Lipinski definition) is 9. The first-order chi connectivity index (χ1) is 14.5. The van der Waals surface area contributed by atoms with Crippen LogP contribution in [0.5, 0.6) is 17.2 Å². The van der Waals surface area contributed by atoms with Crippen LogP contribution >= 0.6 is 11.3 Å². The van der Waals surface area contributed by atoms with E-state index in [4.69, 9.17) is 18.9 Å². The van der Waals surface area contributed by atoms with Gasteiger partial charge in [-0.05, 0) is 12.1 Å². The van der Waals surface area contributed by atoms with E-state index >= 15 is 0 Å². The molecule has 2 aromatic carbocycles. The van der Waals surface area contributed by atoms with Crippen LogP contribution in [0.4, 0.5) is 10.8 Å². The highest BCUT2D eigenvalue weighted by atomic mass is 32.1. The lowest BCUT2D eigenvalue weighted by Gasteiger charge is -2.12. The second-order valence-electron chi connectivity index (χ2n) is 5.90. The van der Waals surface area contributed by atoms with Gasteiger partial charge in [0, 0.05) is 13.2 Å². The molecule has 0 aliphatic heterocycles. The van der Waals surface area contributed by atoms with Crippen LogP contribution in [-0.2, 0) is 4.74 Å². The lowest BCUT2D eigenvalue weighted by atomic mass is 10.1. The molecule has 0 aliphatic carbocycles. The van der Waals surface area contributed by atoms with Gasteiger partial charge in [0.25, 0.3) is 11.6 Å². The zero-order valence-electron chi connectivity index (χ0n) is 16.5. The summed E-state index contributed by atoms with van der Waals surface area (Å²) in [5, 5.41) is 14.5. The fourth-order valence-electron chi connectivity index (χ4n) is 2.70. The quantitative estimate of drug-likeness (QED) is 0.309. The molecule has 3 rings (SSSR count). The van der Waals surface area contributed by atoms with E-state index in [0.717, 1.165) is 10.8 Å². The van der Waals surface area contributed by atoms with Gasteiger partial charge in [0.15, 0.2) is 16.6 Å². The van der Waals surface area contributed by atoms with Crippen LogP contribution in [0.25, 0.3) is 10.2 Å². The van der Waals surface area contributed by atoms with Crippen LogP contribution in [0.1, 0.15) is 10.4 Å². The van der Waals surface area contributed by atoms with E-state index in [-0.39, 0.29) is 28.8 Å². The monoisotopic (exact) mass is 433 g/mol. The number of amides is 1. The number of nitro benzene ring substituents is 1. The number of nitro groups is 1. The summed E-state index contributed by atoms with van der Waals surface area (Å²) in [5.41, 5.74) is -0.00385. The van der Waals surface area contributed by atoms with E-state index < -0.39 is 16.5 Å². The number of thiazole rings is 1. The zero-order valence-corrected chi connectivity index (χ0v) is 17.3. The average Bonchev–Trinajstić information content (AvgIpc) is 3.15. The summed E-state index contributed by atoms with van der Waals surface area (Å²) >= 11 is 1.23. The first-order valence-electron chi connectivity index (χ1n) is 8.71. The van der Waals surface area contributed by atoms with Gasteiger partial charge in [0.05, 0.1) is 36.5 Å². The topological polar surface area (TPSA) is 122 Å². The average molecular weight is 433 g/mol. The number of anilines is 1. The molecule has 30 heavy (non-hydrogen) atoms. The second kappa shape index (κ2) is 9.37. The van der Waals surface area contributed by atoms with Crippen molar-refractivity contribution in [1.82, 2.24) is 4.98 Å². The number of nitrogens with zero attached hydrogens (tertiary/aromatic N) is 2. The Kier molecular flexibility index (Phi) is 6.65. The SMILES string of the molecule is COCCOc1cc([N+](=O)[O-])c(C(=O)Nc2nc3c(OC)cccc3s2)cc1OC. The first-order valence-corrected chi connectivity index (χ1v) is 9.53. The number of hydrogen-bond donors (Lipinski definition) is 1. The molecule has 3 aromatic rings. The minimum atomic E-state index is -0.693. The maximum absolute atomic E-state index is 12.8. The summed E-state index contributed by atoms with van der Waals surface area (Å²) in [6.45, 7) is 0.462. The molecule has 1 amide bonds. The molecule has 0 unspecified atom stereocenters. The van der Waals surface area contributed by atoms with E-state index in [2.05, 4.69) is 10.3 Å². The number of aromatic nitrogens is 1. The molecule has 0 fully saturated rings. The first kappa shape index (κ1) is 21.3. The Balaban J connectivity index is 1.93. The van der Waals surface area contributed by atoms with Gasteiger partial charge in [-0.1, -0.05) is 17.4 Å². The summed E-state index contributed by atoms with van der Waals surface area (Å²) in [5.74, 6) is 0.200. The maximum atomic E-state index is 12.8. The third-order valence-corrected chi connectivity index (χ3v) is 5.03. The molecule has 0 saturated heterocycles. The van der Waals surface area contributed by atoms with Gasteiger partial charge in [0.2, 0.25) is 0 Å². The number of nitrogens with one attached hydrogen (secondary N) is 1. The Labute approximate surface area is 175 Å². The molecule has 0 saturated carbocycles. The predicted octanol–water partition coefficient (Wildman–Crippen LogP) is 3.50. The number of fused-ring (bicyclic) bond motifs is 1. The van der Waals surface area contributed by atoms with Crippen molar-refractivity contribution in [3.63, 3.8) is 0 Å². The molecule has 0 radical (unpaired) electrons. The largest absolute Gasteiger partial charge is 0.494 e. The third kappa shape index (κ3) is 4.42. The van der Waals surface area contributed by atoms with E-state index in [1.165, 1.54) is 38.7 Å². The van der Waals surface area contributed by atoms with Gasteiger partial charge < -0.3 is 18.9 Å². The smallest absolute Gasteiger partial charge is 0.286 e. The number of methoxy groups -OCH3 is 3. The van der Waals surface area contributed by atoms with Crippen molar-refractivity contribution in [2.75, 3.05) is 39.9 Å². The number of benzene rings is 2. The standard InChI is InChI=1S/C19H19N3O7S/c1-26-7-8-29-15-10-12(22(24)25)11(9-14(15)28-3)18(23)21-19-20-17-13(27-2)5-4-6-16(17)30-19/h4-6,9-10H,7-8H2,1-3H3,(H,20,21,23). The van der Waals surface area contributed by atoms with Gasteiger partial charge in [-0.3, -0.25) is 20.2 Å². The Morgan fingerprint density at radius 3 is 2.57 bits per heavy atom. The molecule has 1 N–H and O–H groups in total. The number of ether oxygens (including phenoxy) is 4. The minimum absolute atomic E-state index is 0.141. The van der Waals surface area contributed by atoms with E-state index in [9.17, 15) is 14.9 Å². The molecule has 11 heteroatoms. The Hall–Kier alpha value is -3.44. The summed E-state index contributed by atoms with van der Waals surface area (Å²) in [7, 11) is 4.41. The van der Waals surface area contributed by atoms with E-state index in [1.54, 1.807) is 6.07 Å². The van der Waals surface area contributed by atoms with Crippen LogP contribution in [0.15, 0.2) is 30.3 Å². The van der Waals surface area contributed by atoms with Gasteiger partial charge in [0.1, 0.15) is 23.4 Å². The third-order valence-electron chi connectivity index (χ3n) is 4.09. The van der Waals surface area contributed by atoms with Crippen molar-refractivity contribution in [2.45, 2.75) is 0 Å². The van der Waals surface area contributed by atoms with Crippen molar-refractivity contribution in [3.05, 3.63) is 46.0 Å². The predicted molar refractivity (Wildman–Crippen MR) is 111 cm³/mol. The maximum Gasteiger partial charge on any atom is 0.286 e. The number of carbonyl (C=O) groups excluding carboxylic acids is 1. The lowest BCUT2D eigenvalue weighted by Crippen LogP contribution is -2.15. The molecule has 0 aliphatic rings. The Bertz CT molecular complexity index is 1080. The normalized spacial score (nSPS) is 10.6. The molecular weight excluding hydrogens is 414 g/mol. The number of rotatable bonds is 9. The molecule has 1 aromatic heterocycles. The van der Waals surface area contributed by atoms with Crippen molar-refractivity contribution in [2.24, 2.45) is 0 Å². The van der Waals surface area contributed by atoms with Gasteiger partial charge in [-0.15, -0.1) is 0 Å². The van der Waals surface area contributed by atoms with Crippen LogP contribution < -0.4 is 19.5 Å². The second-order valence-corrected chi connectivity index (χ2v) is 6.93. The summed E-state index contributed by atoms with van der Waals surface area (Å²) in [6, 6.07) is 7.83. The van der Waals surface area contributed by atoms with Gasteiger partial charge >= 0.3 is 0 Å². The van der Waals surface area contributed by atoms with Crippen LogP contribution in [0.3, 0.4) is 0 Å². The summed E-state index contributed by atoms with van der Waals surface area (Å²) in [6.07, 6.45) is 0. The minimum Gasteiger partial charge on any atom is -0.494 e. The Morgan fingerprint density at radius 1 is 1.13 bits per heavy atom. The summed E-state index contributed by atoms with van der Waals surface area (Å²) < 4.78 is 21.7. The van der Waals surface area contributed by atoms with Crippen molar-refractivity contribution < 1.29 is 28.7 Å². The van der Waals surface area contributed by atoms with Crippen molar-refractivity contribution in [1.29, 1.82) is 0 Å². The molecule has 0 bridgehead atoms. The molecule has 10 nitrogen and oxygen atoms in total. The van der Waals surface area contributed by atoms with Gasteiger partial charge in [-0.2, -0.15) is 0 Å². The fourth-order valence-corrected chi connectivity index (χ4v) is 3.57. The molecular formula is C19H19N3O7S. The number of para-hydroxylation sites is 1. The lowest BCUT2D eigenvalue weighted by molar-refractivity contribution is -0.385. The Morgan fingerprint density at radius 2 is 1.90 bits per heavy atom. The van der Waals surface area contributed by atoms with E-state index in [0.29, 0.717) is 17.9 Å². The van der Waals surface area contributed by atoms with Crippen LogP contribution in [0.2, 0.25) is 0 Å². The van der Waals surface area contributed by atoms with E-state index in [1.807, 2.05) is 12.1 Å². The molecule has 158 valence electrons. The molecule has 0 atom stereocenters. The molecule has 0 spiro atoms. The highest BCUT2D eigenvalue weighted by Crippen LogP contribution is 2.36. The molecule has 1 heterocycles. The summed E-state index contributed by atoms with van der Waals surface area (Å²) in [4.78, 5) is 28.1. The van der Waals surface area contributed by atoms with Crippen molar-refractivity contribution >= 4 is 38.3 Å².